The largest absolute Gasteiger partial charge is 0.352 e. The third kappa shape index (κ3) is 4.40. The number of carbonyl (C=O) groups is 1. The molecule has 6 nitrogen and oxygen atoms in total. The van der Waals surface area contributed by atoms with Crippen LogP contribution >= 0.6 is 0 Å². The summed E-state index contributed by atoms with van der Waals surface area (Å²) in [6, 6.07) is 15.8. The van der Waals surface area contributed by atoms with Crippen LogP contribution in [0.1, 0.15) is 11.1 Å². The summed E-state index contributed by atoms with van der Waals surface area (Å²) < 4.78 is 13.0. The molecule has 154 valence electrons. The first-order valence-electron chi connectivity index (χ1n) is 9.97. The lowest BCUT2D eigenvalue weighted by Crippen LogP contribution is -2.50. The number of nitrogens with zero attached hydrogens (tertiary/aromatic N) is 4. The Bertz CT molecular complexity index is 1030. The Balaban J connectivity index is 1.35. The van der Waals surface area contributed by atoms with Crippen molar-refractivity contribution >= 4 is 17.5 Å². The molecule has 2 amide bonds. The van der Waals surface area contributed by atoms with Crippen LogP contribution in [0.3, 0.4) is 0 Å². The molecular formula is C23H24FN5O. The molecular weight excluding hydrogens is 381 g/mol. The van der Waals surface area contributed by atoms with Crippen molar-refractivity contribution in [2.45, 2.75) is 13.8 Å². The number of nitrogens with one attached hydrogen (secondary N) is 1. The van der Waals surface area contributed by atoms with Crippen LogP contribution in [0.5, 0.6) is 0 Å². The maximum absolute atomic E-state index is 13.0. The van der Waals surface area contributed by atoms with Crippen LogP contribution in [0.15, 0.2) is 54.6 Å². The zero-order valence-corrected chi connectivity index (χ0v) is 17.1. The number of rotatable bonds is 3. The number of halogens is 1. The molecule has 0 atom stereocenters. The molecule has 1 aliphatic rings. The number of piperazine rings is 1. The molecule has 3 aromatic rings. The number of aromatic nitrogens is 2. The number of hydrogen-bond acceptors (Lipinski definition) is 4. The van der Waals surface area contributed by atoms with Crippen LogP contribution in [-0.2, 0) is 0 Å². The van der Waals surface area contributed by atoms with E-state index in [1.54, 1.807) is 17.0 Å². The molecule has 0 bridgehead atoms. The van der Waals surface area contributed by atoms with E-state index < -0.39 is 0 Å². The zero-order valence-electron chi connectivity index (χ0n) is 17.1. The van der Waals surface area contributed by atoms with Crippen molar-refractivity contribution in [2.75, 3.05) is 36.4 Å². The number of hydrogen-bond donors (Lipinski definition) is 1. The second-order valence-electron chi connectivity index (χ2n) is 7.51. The van der Waals surface area contributed by atoms with E-state index in [0.717, 1.165) is 17.1 Å². The fourth-order valence-electron chi connectivity index (χ4n) is 3.61. The highest BCUT2D eigenvalue weighted by molar-refractivity contribution is 5.89. The molecule has 0 aliphatic carbocycles. The molecule has 7 heteroatoms. The third-order valence-electron chi connectivity index (χ3n) is 5.29. The maximum Gasteiger partial charge on any atom is 0.321 e. The number of aryl methyl sites for hydroxylation is 2. The summed E-state index contributed by atoms with van der Waals surface area (Å²) in [6.07, 6.45) is 0. The molecule has 1 aliphatic heterocycles. The number of anilines is 2. The average Bonchev–Trinajstić information content (AvgIpc) is 2.76. The molecule has 0 spiro atoms. The van der Waals surface area contributed by atoms with E-state index >= 15 is 0 Å². The van der Waals surface area contributed by atoms with Gasteiger partial charge >= 0.3 is 6.03 Å². The van der Waals surface area contributed by atoms with Crippen molar-refractivity contribution in [3.63, 3.8) is 0 Å². The molecule has 1 N–H and O–H groups in total. The van der Waals surface area contributed by atoms with Gasteiger partial charge in [-0.15, -0.1) is 10.2 Å². The summed E-state index contributed by atoms with van der Waals surface area (Å²) >= 11 is 0. The van der Waals surface area contributed by atoms with Gasteiger partial charge in [0.1, 0.15) is 5.82 Å². The van der Waals surface area contributed by atoms with Gasteiger partial charge in [-0.05, 0) is 55.8 Å². The summed E-state index contributed by atoms with van der Waals surface area (Å²) in [6.45, 7) is 6.66. The molecule has 0 radical (unpaired) electrons. The predicted molar refractivity (Wildman–Crippen MR) is 116 cm³/mol. The molecule has 1 fully saturated rings. The van der Waals surface area contributed by atoms with Gasteiger partial charge in [0.15, 0.2) is 5.82 Å². The lowest BCUT2D eigenvalue weighted by Gasteiger charge is -2.35. The number of carbonyl (C=O) groups excluding carboxylic acids is 1. The second kappa shape index (κ2) is 8.49. The van der Waals surface area contributed by atoms with Gasteiger partial charge in [-0.2, -0.15) is 0 Å². The first-order chi connectivity index (χ1) is 14.5. The minimum atomic E-state index is -0.328. The minimum absolute atomic E-state index is 0.183. The fraction of sp³-hybridized carbons (Fsp3) is 0.261. The van der Waals surface area contributed by atoms with Crippen molar-refractivity contribution in [1.29, 1.82) is 0 Å². The highest BCUT2D eigenvalue weighted by atomic mass is 19.1. The predicted octanol–water partition coefficient (Wildman–Crippen LogP) is 4.25. The lowest BCUT2D eigenvalue weighted by molar-refractivity contribution is 0.208. The molecule has 1 aromatic heterocycles. The summed E-state index contributed by atoms with van der Waals surface area (Å²) in [5.74, 6) is 0.480. The smallest absolute Gasteiger partial charge is 0.321 e. The highest BCUT2D eigenvalue weighted by Gasteiger charge is 2.22. The van der Waals surface area contributed by atoms with E-state index in [9.17, 15) is 9.18 Å². The molecule has 2 heterocycles. The standard InChI is InChI=1S/C23H24FN5O/c1-16-3-8-20(17(2)15-16)21-9-10-22(27-26-21)28-11-13-29(14-12-28)23(30)25-19-6-4-18(24)5-7-19/h3-10,15H,11-14H2,1-2H3,(H,25,30). The maximum atomic E-state index is 13.0. The van der Waals surface area contributed by atoms with Crippen LogP contribution in [0.25, 0.3) is 11.3 Å². The Labute approximate surface area is 175 Å². The van der Waals surface area contributed by atoms with Gasteiger partial charge in [0.05, 0.1) is 5.69 Å². The second-order valence-corrected chi connectivity index (χ2v) is 7.51. The Kier molecular flexibility index (Phi) is 5.61. The number of benzene rings is 2. The van der Waals surface area contributed by atoms with Gasteiger partial charge in [-0.25, -0.2) is 9.18 Å². The summed E-state index contributed by atoms with van der Waals surface area (Å²) in [5.41, 5.74) is 4.92. The Morgan fingerprint density at radius 3 is 2.30 bits per heavy atom. The topological polar surface area (TPSA) is 61.4 Å². The Morgan fingerprint density at radius 2 is 1.67 bits per heavy atom. The van der Waals surface area contributed by atoms with Gasteiger partial charge in [0, 0.05) is 37.4 Å². The Hall–Kier alpha value is -3.48. The van der Waals surface area contributed by atoms with Gasteiger partial charge in [-0.3, -0.25) is 0 Å². The summed E-state index contributed by atoms with van der Waals surface area (Å²) in [5, 5.41) is 11.6. The fourth-order valence-corrected chi connectivity index (χ4v) is 3.61. The van der Waals surface area contributed by atoms with E-state index in [4.69, 9.17) is 0 Å². The first-order valence-corrected chi connectivity index (χ1v) is 9.97. The van der Waals surface area contributed by atoms with Crippen molar-refractivity contribution in [1.82, 2.24) is 15.1 Å². The van der Waals surface area contributed by atoms with E-state index in [1.165, 1.54) is 23.3 Å². The van der Waals surface area contributed by atoms with Crippen LogP contribution < -0.4 is 10.2 Å². The molecule has 4 rings (SSSR count). The van der Waals surface area contributed by atoms with Crippen LogP contribution in [0.2, 0.25) is 0 Å². The zero-order chi connectivity index (χ0) is 21.1. The number of urea groups is 1. The monoisotopic (exact) mass is 405 g/mol. The minimum Gasteiger partial charge on any atom is -0.352 e. The summed E-state index contributed by atoms with van der Waals surface area (Å²) in [4.78, 5) is 16.3. The van der Waals surface area contributed by atoms with Crippen molar-refractivity contribution in [2.24, 2.45) is 0 Å². The average molecular weight is 405 g/mol. The van der Waals surface area contributed by atoms with Crippen molar-refractivity contribution < 1.29 is 9.18 Å². The van der Waals surface area contributed by atoms with Gasteiger partial charge in [-0.1, -0.05) is 23.8 Å². The SMILES string of the molecule is Cc1ccc(-c2ccc(N3CCN(C(=O)Nc4ccc(F)cc4)CC3)nn2)c(C)c1. The van der Waals surface area contributed by atoms with E-state index in [0.29, 0.717) is 31.9 Å². The van der Waals surface area contributed by atoms with E-state index in [2.05, 4.69) is 52.5 Å². The van der Waals surface area contributed by atoms with Gasteiger partial charge in [0.25, 0.3) is 0 Å². The van der Waals surface area contributed by atoms with Crippen LogP contribution in [-0.4, -0.2) is 47.3 Å². The molecule has 0 unspecified atom stereocenters. The quantitative estimate of drug-likeness (QED) is 0.708. The third-order valence-corrected chi connectivity index (χ3v) is 5.29. The molecule has 0 saturated carbocycles. The lowest BCUT2D eigenvalue weighted by atomic mass is 10.0. The Morgan fingerprint density at radius 1 is 0.933 bits per heavy atom. The van der Waals surface area contributed by atoms with Crippen LogP contribution in [0, 0.1) is 19.7 Å². The van der Waals surface area contributed by atoms with E-state index in [-0.39, 0.29) is 11.8 Å². The van der Waals surface area contributed by atoms with Gasteiger partial charge in [0.2, 0.25) is 0 Å². The number of amides is 2. The van der Waals surface area contributed by atoms with Crippen molar-refractivity contribution in [3.8, 4) is 11.3 Å². The normalized spacial score (nSPS) is 14.0. The van der Waals surface area contributed by atoms with Crippen LogP contribution in [0.4, 0.5) is 20.7 Å². The van der Waals surface area contributed by atoms with Gasteiger partial charge < -0.3 is 15.1 Å². The molecule has 30 heavy (non-hydrogen) atoms. The highest BCUT2D eigenvalue weighted by Crippen LogP contribution is 2.23. The van der Waals surface area contributed by atoms with E-state index in [1.807, 2.05) is 12.1 Å². The molecule has 1 saturated heterocycles. The van der Waals surface area contributed by atoms with Crippen molar-refractivity contribution in [3.05, 3.63) is 71.5 Å². The summed E-state index contributed by atoms with van der Waals surface area (Å²) in [7, 11) is 0. The first kappa shape index (κ1) is 19.8. The molecule has 2 aromatic carbocycles.